The second kappa shape index (κ2) is 5.11. The molecule has 3 N–H and O–H groups in total. The molecule has 0 radical (unpaired) electrons. The minimum absolute atomic E-state index is 0.0450. The second-order valence-corrected chi connectivity index (χ2v) is 6.73. The van der Waals surface area contributed by atoms with E-state index >= 15 is 0 Å². The number of nitrogens with one attached hydrogen (secondary N) is 1. The van der Waals surface area contributed by atoms with Gasteiger partial charge in [0.05, 0.1) is 6.04 Å². The average Bonchev–Trinajstić information content (AvgIpc) is 2.99. The molecule has 0 aliphatic heterocycles. The molecule has 0 aliphatic carbocycles. The molecule has 5 heteroatoms. The standard InChI is InChI=1S/C13H11BrN2S2/c14-9-6-11(18-7-9)12(16-15)10-3-1-2-8-4-5-17-13(8)10/h1-7,12,16H,15H2. The third-order valence-electron chi connectivity index (χ3n) is 2.86. The highest BCUT2D eigenvalue weighted by Gasteiger charge is 2.17. The molecule has 18 heavy (non-hydrogen) atoms. The Hall–Kier alpha value is -0.720. The monoisotopic (exact) mass is 338 g/mol. The van der Waals surface area contributed by atoms with E-state index in [2.05, 4.69) is 62.4 Å². The quantitative estimate of drug-likeness (QED) is 0.552. The van der Waals surface area contributed by atoms with Gasteiger partial charge in [-0.25, -0.2) is 5.43 Å². The lowest BCUT2D eigenvalue weighted by Gasteiger charge is -2.15. The van der Waals surface area contributed by atoms with Gasteiger partial charge in [0.25, 0.3) is 0 Å². The summed E-state index contributed by atoms with van der Waals surface area (Å²) in [4.78, 5) is 1.21. The van der Waals surface area contributed by atoms with Gasteiger partial charge in [-0.1, -0.05) is 18.2 Å². The first-order valence-corrected chi connectivity index (χ1v) is 8.01. The molecule has 2 aromatic heterocycles. The third kappa shape index (κ3) is 2.13. The van der Waals surface area contributed by atoms with Crippen molar-refractivity contribution in [2.24, 2.45) is 5.84 Å². The number of hydrogen-bond donors (Lipinski definition) is 2. The number of fused-ring (bicyclic) bond motifs is 1. The van der Waals surface area contributed by atoms with Gasteiger partial charge in [-0.15, -0.1) is 22.7 Å². The fraction of sp³-hybridized carbons (Fsp3) is 0.0769. The second-order valence-electron chi connectivity index (χ2n) is 3.95. The molecule has 2 heterocycles. The van der Waals surface area contributed by atoms with E-state index in [1.165, 1.54) is 20.5 Å². The van der Waals surface area contributed by atoms with Crippen LogP contribution in [0.15, 0.2) is 45.6 Å². The summed E-state index contributed by atoms with van der Waals surface area (Å²) in [5.41, 5.74) is 4.16. The minimum atomic E-state index is 0.0450. The molecule has 1 unspecified atom stereocenters. The lowest BCUT2D eigenvalue weighted by atomic mass is 10.0. The highest BCUT2D eigenvalue weighted by atomic mass is 79.9. The molecule has 0 bridgehead atoms. The highest BCUT2D eigenvalue weighted by Crippen LogP contribution is 2.35. The summed E-state index contributed by atoms with van der Waals surface area (Å²) in [5, 5.41) is 5.47. The highest BCUT2D eigenvalue weighted by molar-refractivity contribution is 9.10. The Kier molecular flexibility index (Phi) is 3.50. The van der Waals surface area contributed by atoms with Crippen LogP contribution in [-0.4, -0.2) is 0 Å². The summed E-state index contributed by atoms with van der Waals surface area (Å²) >= 11 is 6.95. The molecule has 0 amide bonds. The Morgan fingerprint density at radius 3 is 2.83 bits per heavy atom. The first-order valence-electron chi connectivity index (χ1n) is 5.46. The summed E-state index contributed by atoms with van der Waals surface area (Å²) in [7, 11) is 0. The number of rotatable bonds is 3. The van der Waals surface area contributed by atoms with Crippen LogP contribution in [0.5, 0.6) is 0 Å². The number of nitrogens with two attached hydrogens (primary N) is 1. The van der Waals surface area contributed by atoms with Crippen LogP contribution in [-0.2, 0) is 0 Å². The molecule has 1 aromatic carbocycles. The zero-order valence-electron chi connectivity index (χ0n) is 9.39. The van der Waals surface area contributed by atoms with E-state index in [1.807, 2.05) is 0 Å². The number of benzene rings is 1. The largest absolute Gasteiger partial charge is 0.271 e. The normalized spacial score (nSPS) is 13.0. The van der Waals surface area contributed by atoms with Gasteiger partial charge in [0.1, 0.15) is 0 Å². The Balaban J connectivity index is 2.14. The van der Waals surface area contributed by atoms with Crippen LogP contribution in [0.4, 0.5) is 0 Å². The average molecular weight is 339 g/mol. The van der Waals surface area contributed by atoms with E-state index in [4.69, 9.17) is 5.84 Å². The topological polar surface area (TPSA) is 38.0 Å². The van der Waals surface area contributed by atoms with Crippen LogP contribution in [0, 0.1) is 0 Å². The van der Waals surface area contributed by atoms with Crippen LogP contribution >= 0.6 is 38.6 Å². The van der Waals surface area contributed by atoms with Crippen LogP contribution in [0.25, 0.3) is 10.1 Å². The van der Waals surface area contributed by atoms with Crippen molar-refractivity contribution in [2.45, 2.75) is 6.04 Å². The number of thiophene rings is 2. The van der Waals surface area contributed by atoms with Crippen molar-refractivity contribution in [2.75, 3.05) is 0 Å². The number of hydrazine groups is 1. The zero-order valence-corrected chi connectivity index (χ0v) is 12.6. The molecule has 0 saturated carbocycles. The Labute approximate surface area is 122 Å². The van der Waals surface area contributed by atoms with Gasteiger partial charge >= 0.3 is 0 Å². The van der Waals surface area contributed by atoms with Gasteiger partial charge in [0.15, 0.2) is 0 Å². The molecule has 0 fully saturated rings. The van der Waals surface area contributed by atoms with Crippen molar-refractivity contribution < 1.29 is 0 Å². The van der Waals surface area contributed by atoms with Gasteiger partial charge in [-0.3, -0.25) is 5.84 Å². The first-order chi connectivity index (χ1) is 8.79. The maximum Gasteiger partial charge on any atom is 0.0816 e. The summed E-state index contributed by atoms with van der Waals surface area (Å²) in [6.07, 6.45) is 0. The van der Waals surface area contributed by atoms with E-state index in [9.17, 15) is 0 Å². The van der Waals surface area contributed by atoms with Gasteiger partial charge in [0.2, 0.25) is 0 Å². The van der Waals surface area contributed by atoms with E-state index in [1.54, 1.807) is 22.7 Å². The zero-order chi connectivity index (χ0) is 12.5. The molecule has 3 aromatic rings. The van der Waals surface area contributed by atoms with Crippen molar-refractivity contribution in [3.63, 3.8) is 0 Å². The summed E-state index contributed by atoms with van der Waals surface area (Å²) < 4.78 is 2.39. The molecule has 0 aliphatic rings. The molecular weight excluding hydrogens is 328 g/mol. The van der Waals surface area contributed by atoms with Crippen molar-refractivity contribution in [1.29, 1.82) is 0 Å². The molecule has 0 saturated heterocycles. The molecule has 3 rings (SSSR count). The maximum absolute atomic E-state index is 5.75. The van der Waals surface area contributed by atoms with E-state index < -0.39 is 0 Å². The predicted octanol–water partition coefficient (Wildman–Crippen LogP) is 4.28. The molecule has 1 atom stereocenters. The lowest BCUT2D eigenvalue weighted by Crippen LogP contribution is -2.28. The number of hydrogen-bond acceptors (Lipinski definition) is 4. The molecule has 0 spiro atoms. The van der Waals surface area contributed by atoms with Crippen molar-refractivity contribution in [3.8, 4) is 0 Å². The smallest absolute Gasteiger partial charge is 0.0816 e. The third-order valence-corrected chi connectivity index (χ3v) is 5.60. The number of halogens is 1. The van der Waals surface area contributed by atoms with E-state index in [0.29, 0.717) is 0 Å². The fourth-order valence-electron chi connectivity index (χ4n) is 2.05. The minimum Gasteiger partial charge on any atom is -0.271 e. The van der Waals surface area contributed by atoms with Gasteiger partial charge in [-0.05, 0) is 44.4 Å². The fourth-order valence-corrected chi connectivity index (χ4v) is 4.51. The van der Waals surface area contributed by atoms with Crippen molar-refractivity contribution in [3.05, 3.63) is 56.0 Å². The van der Waals surface area contributed by atoms with Crippen molar-refractivity contribution in [1.82, 2.24) is 5.43 Å². The predicted molar refractivity (Wildman–Crippen MR) is 83.0 cm³/mol. The Bertz CT molecular complexity index is 674. The molecular formula is C13H11BrN2S2. The van der Waals surface area contributed by atoms with Crippen LogP contribution in [0.1, 0.15) is 16.5 Å². The molecule has 92 valence electrons. The van der Waals surface area contributed by atoms with Crippen LogP contribution < -0.4 is 11.3 Å². The Morgan fingerprint density at radius 1 is 1.22 bits per heavy atom. The van der Waals surface area contributed by atoms with Gasteiger partial charge in [0, 0.05) is 19.4 Å². The summed E-state index contributed by atoms with van der Waals surface area (Å²) in [6, 6.07) is 10.6. The lowest BCUT2D eigenvalue weighted by molar-refractivity contribution is 0.651. The van der Waals surface area contributed by atoms with Crippen LogP contribution in [0.3, 0.4) is 0 Å². The first kappa shape index (κ1) is 12.3. The SMILES string of the molecule is NNC(c1cc(Br)cs1)c1cccc2ccsc12. The summed E-state index contributed by atoms with van der Waals surface area (Å²) in [6.45, 7) is 0. The van der Waals surface area contributed by atoms with E-state index in [0.717, 1.165) is 4.47 Å². The molecule has 2 nitrogen and oxygen atoms in total. The van der Waals surface area contributed by atoms with E-state index in [-0.39, 0.29) is 6.04 Å². The maximum atomic E-state index is 5.75. The van der Waals surface area contributed by atoms with Crippen molar-refractivity contribution >= 4 is 48.7 Å². The van der Waals surface area contributed by atoms with Crippen LogP contribution in [0.2, 0.25) is 0 Å². The summed E-state index contributed by atoms with van der Waals surface area (Å²) in [5.74, 6) is 5.75. The van der Waals surface area contributed by atoms with Gasteiger partial charge < -0.3 is 0 Å². The van der Waals surface area contributed by atoms with Gasteiger partial charge in [-0.2, -0.15) is 0 Å². The Morgan fingerprint density at radius 2 is 2.11 bits per heavy atom.